The molecule has 0 aliphatic rings. The molecule has 2 aromatic heterocycles. The SMILES string of the molecule is CC[C@@H](Nc1nc(C)nc2[nH]cnc12)C(C)C. The van der Waals surface area contributed by atoms with Gasteiger partial charge in [-0.2, -0.15) is 0 Å². The van der Waals surface area contributed by atoms with Gasteiger partial charge >= 0.3 is 0 Å². The molecule has 5 heteroatoms. The molecule has 0 aromatic carbocycles. The Bertz CT molecular complexity index is 503. The second kappa shape index (κ2) is 4.69. The lowest BCUT2D eigenvalue weighted by molar-refractivity contribution is 0.510. The van der Waals surface area contributed by atoms with Gasteiger partial charge in [-0.1, -0.05) is 20.8 Å². The van der Waals surface area contributed by atoms with Crippen molar-refractivity contribution in [3.8, 4) is 0 Å². The number of nitrogens with one attached hydrogen (secondary N) is 2. The third-order valence-electron chi connectivity index (χ3n) is 2.96. The Hall–Kier alpha value is -1.65. The van der Waals surface area contributed by atoms with Crippen molar-refractivity contribution in [3.63, 3.8) is 0 Å². The normalized spacial score (nSPS) is 13.2. The summed E-state index contributed by atoms with van der Waals surface area (Å²) in [7, 11) is 0. The summed E-state index contributed by atoms with van der Waals surface area (Å²) in [6.45, 7) is 8.48. The van der Waals surface area contributed by atoms with E-state index in [9.17, 15) is 0 Å². The first-order valence-electron chi connectivity index (χ1n) is 6.06. The van der Waals surface area contributed by atoms with Crippen LogP contribution in [0.4, 0.5) is 5.82 Å². The standard InChI is InChI=1S/C12H19N5/c1-5-9(7(2)3)17-12-10-11(14-6-13-10)15-8(4)16-12/h6-7,9H,5H2,1-4H3,(H2,13,14,15,16,17)/t9-/m1/s1. The summed E-state index contributed by atoms with van der Waals surface area (Å²) in [5, 5.41) is 3.46. The Balaban J connectivity index is 2.37. The third-order valence-corrected chi connectivity index (χ3v) is 2.96. The lowest BCUT2D eigenvalue weighted by Crippen LogP contribution is -2.25. The number of aromatic nitrogens is 4. The van der Waals surface area contributed by atoms with Gasteiger partial charge in [0.15, 0.2) is 11.5 Å². The van der Waals surface area contributed by atoms with Crippen LogP contribution in [0.1, 0.15) is 33.0 Å². The fourth-order valence-corrected chi connectivity index (χ4v) is 1.96. The molecular weight excluding hydrogens is 214 g/mol. The molecule has 0 amide bonds. The number of hydrogen-bond donors (Lipinski definition) is 2. The molecule has 1 atom stereocenters. The van der Waals surface area contributed by atoms with Gasteiger partial charge in [0.1, 0.15) is 11.3 Å². The molecule has 17 heavy (non-hydrogen) atoms. The van der Waals surface area contributed by atoms with Gasteiger partial charge < -0.3 is 10.3 Å². The van der Waals surface area contributed by atoms with Crippen LogP contribution in [0.2, 0.25) is 0 Å². The van der Waals surface area contributed by atoms with Crippen molar-refractivity contribution in [2.45, 2.75) is 40.2 Å². The molecule has 0 spiro atoms. The quantitative estimate of drug-likeness (QED) is 0.851. The summed E-state index contributed by atoms with van der Waals surface area (Å²) in [4.78, 5) is 16.0. The molecule has 92 valence electrons. The second-order valence-corrected chi connectivity index (χ2v) is 4.62. The predicted octanol–water partition coefficient (Wildman–Crippen LogP) is 2.51. The van der Waals surface area contributed by atoms with Crippen LogP contribution in [-0.2, 0) is 0 Å². The van der Waals surface area contributed by atoms with Crippen molar-refractivity contribution in [1.82, 2.24) is 19.9 Å². The zero-order valence-corrected chi connectivity index (χ0v) is 10.8. The minimum atomic E-state index is 0.407. The molecule has 0 radical (unpaired) electrons. The maximum atomic E-state index is 4.44. The van der Waals surface area contributed by atoms with Crippen LogP contribution in [0.3, 0.4) is 0 Å². The van der Waals surface area contributed by atoms with Gasteiger partial charge in [0.2, 0.25) is 0 Å². The molecule has 0 aliphatic carbocycles. The van der Waals surface area contributed by atoms with Gasteiger partial charge in [0, 0.05) is 6.04 Å². The highest BCUT2D eigenvalue weighted by Gasteiger charge is 2.15. The summed E-state index contributed by atoms with van der Waals surface area (Å²) in [6.07, 6.45) is 2.72. The van der Waals surface area contributed by atoms with Gasteiger partial charge in [-0.25, -0.2) is 15.0 Å². The van der Waals surface area contributed by atoms with Crippen molar-refractivity contribution in [2.24, 2.45) is 5.92 Å². The van der Waals surface area contributed by atoms with Gasteiger partial charge in [0.05, 0.1) is 6.33 Å². The lowest BCUT2D eigenvalue weighted by atomic mass is 10.0. The van der Waals surface area contributed by atoms with Crippen LogP contribution < -0.4 is 5.32 Å². The fraction of sp³-hybridized carbons (Fsp3) is 0.583. The Kier molecular flexibility index (Phi) is 3.26. The highest BCUT2D eigenvalue weighted by atomic mass is 15.1. The first kappa shape index (κ1) is 11.8. The Labute approximate surface area is 101 Å². The summed E-state index contributed by atoms with van der Waals surface area (Å²) in [6, 6.07) is 0.407. The molecule has 0 fully saturated rings. The topological polar surface area (TPSA) is 66.5 Å². The minimum Gasteiger partial charge on any atom is -0.365 e. The summed E-state index contributed by atoms with van der Waals surface area (Å²) >= 11 is 0. The smallest absolute Gasteiger partial charge is 0.163 e. The molecule has 2 heterocycles. The van der Waals surface area contributed by atoms with E-state index in [4.69, 9.17) is 0 Å². The molecule has 2 aromatic rings. The molecule has 0 saturated heterocycles. The van der Waals surface area contributed by atoms with Crippen LogP contribution >= 0.6 is 0 Å². The number of anilines is 1. The van der Waals surface area contributed by atoms with E-state index in [0.717, 1.165) is 29.2 Å². The van der Waals surface area contributed by atoms with E-state index in [1.165, 1.54) is 0 Å². The van der Waals surface area contributed by atoms with E-state index >= 15 is 0 Å². The average Bonchev–Trinajstić information content (AvgIpc) is 2.72. The van der Waals surface area contributed by atoms with Crippen LogP contribution in [0.5, 0.6) is 0 Å². The van der Waals surface area contributed by atoms with Gasteiger partial charge in [-0.05, 0) is 19.3 Å². The van der Waals surface area contributed by atoms with Crippen LogP contribution in [0.25, 0.3) is 11.2 Å². The van der Waals surface area contributed by atoms with Crippen molar-refractivity contribution in [1.29, 1.82) is 0 Å². The Morgan fingerprint density at radius 1 is 1.35 bits per heavy atom. The lowest BCUT2D eigenvalue weighted by Gasteiger charge is -2.21. The maximum Gasteiger partial charge on any atom is 0.163 e. The number of H-pyrrole nitrogens is 1. The number of aryl methyl sites for hydroxylation is 1. The van der Waals surface area contributed by atoms with E-state index in [1.807, 2.05) is 6.92 Å². The van der Waals surface area contributed by atoms with Crippen molar-refractivity contribution < 1.29 is 0 Å². The molecule has 5 nitrogen and oxygen atoms in total. The van der Waals surface area contributed by atoms with Gasteiger partial charge in [-0.3, -0.25) is 0 Å². The van der Waals surface area contributed by atoms with Crippen LogP contribution in [0, 0.1) is 12.8 Å². The van der Waals surface area contributed by atoms with E-state index < -0.39 is 0 Å². The van der Waals surface area contributed by atoms with E-state index in [0.29, 0.717) is 12.0 Å². The minimum absolute atomic E-state index is 0.407. The van der Waals surface area contributed by atoms with E-state index in [2.05, 4.69) is 46.0 Å². The van der Waals surface area contributed by atoms with Crippen molar-refractivity contribution in [3.05, 3.63) is 12.2 Å². The number of hydrogen-bond acceptors (Lipinski definition) is 4. The zero-order valence-electron chi connectivity index (χ0n) is 10.8. The molecular formula is C12H19N5. The second-order valence-electron chi connectivity index (χ2n) is 4.62. The monoisotopic (exact) mass is 233 g/mol. The predicted molar refractivity (Wildman–Crippen MR) is 69.0 cm³/mol. The largest absolute Gasteiger partial charge is 0.365 e. The van der Waals surface area contributed by atoms with Gasteiger partial charge in [0.25, 0.3) is 0 Å². The average molecular weight is 233 g/mol. The van der Waals surface area contributed by atoms with Crippen molar-refractivity contribution >= 4 is 17.0 Å². The number of nitrogens with zero attached hydrogens (tertiary/aromatic N) is 3. The number of rotatable bonds is 4. The first-order valence-corrected chi connectivity index (χ1v) is 6.06. The fourth-order valence-electron chi connectivity index (χ4n) is 1.96. The van der Waals surface area contributed by atoms with Crippen LogP contribution in [-0.4, -0.2) is 26.0 Å². The third kappa shape index (κ3) is 2.38. The summed E-state index contributed by atoms with van der Waals surface area (Å²) < 4.78 is 0. The van der Waals surface area contributed by atoms with E-state index in [1.54, 1.807) is 6.33 Å². The molecule has 0 aliphatic heterocycles. The highest BCUT2D eigenvalue weighted by Crippen LogP contribution is 2.20. The molecule has 2 N–H and O–H groups in total. The molecule has 2 rings (SSSR count). The Morgan fingerprint density at radius 3 is 2.76 bits per heavy atom. The summed E-state index contributed by atoms with van der Waals surface area (Å²) in [5.41, 5.74) is 1.60. The summed E-state index contributed by atoms with van der Waals surface area (Å²) in [5.74, 6) is 2.14. The molecule has 0 saturated carbocycles. The number of aromatic amines is 1. The molecule has 0 bridgehead atoms. The van der Waals surface area contributed by atoms with Gasteiger partial charge in [-0.15, -0.1) is 0 Å². The Morgan fingerprint density at radius 2 is 2.12 bits per heavy atom. The number of fused-ring (bicyclic) bond motifs is 1. The van der Waals surface area contributed by atoms with E-state index in [-0.39, 0.29) is 0 Å². The number of imidazole rings is 1. The maximum absolute atomic E-state index is 4.44. The van der Waals surface area contributed by atoms with Crippen molar-refractivity contribution in [2.75, 3.05) is 5.32 Å². The molecule has 0 unspecified atom stereocenters. The highest BCUT2D eigenvalue weighted by molar-refractivity contribution is 5.82. The van der Waals surface area contributed by atoms with Crippen LogP contribution in [0.15, 0.2) is 6.33 Å². The first-order chi connectivity index (χ1) is 8.11. The zero-order chi connectivity index (χ0) is 12.4.